The summed E-state index contributed by atoms with van der Waals surface area (Å²) in [4.78, 5) is 19.6. The summed E-state index contributed by atoms with van der Waals surface area (Å²) in [5.74, 6) is -0.00786. The Kier molecular flexibility index (Phi) is 4.16. The Morgan fingerprint density at radius 2 is 2.32 bits per heavy atom. The largest absolute Gasteiger partial charge is 0.481 e. The van der Waals surface area contributed by atoms with Crippen molar-refractivity contribution in [3.8, 4) is 5.88 Å². The highest BCUT2D eigenvalue weighted by atomic mass is 16.5. The first-order chi connectivity index (χ1) is 9.16. The number of carboxylic acids is 1. The summed E-state index contributed by atoms with van der Waals surface area (Å²) in [6, 6.07) is 1.63. The highest BCUT2D eigenvalue weighted by molar-refractivity contribution is 5.75. The minimum atomic E-state index is -0.815. The lowest BCUT2D eigenvalue weighted by Crippen LogP contribution is -2.42. The number of anilines is 1. The fraction of sp³-hybridized carbons (Fsp3) is 0.583. The summed E-state index contributed by atoms with van der Waals surface area (Å²) < 4.78 is 10.2. The molecule has 2 rings (SSSR count). The summed E-state index contributed by atoms with van der Waals surface area (Å²) in [6.45, 7) is 1.21. The second-order valence-corrected chi connectivity index (χ2v) is 4.47. The van der Waals surface area contributed by atoms with Crippen molar-refractivity contribution in [1.82, 2.24) is 9.97 Å². The molecule has 0 aliphatic carbocycles. The number of hydrogen-bond donors (Lipinski definition) is 2. The number of rotatable bonds is 5. The van der Waals surface area contributed by atoms with E-state index in [1.54, 1.807) is 12.3 Å². The van der Waals surface area contributed by atoms with Crippen molar-refractivity contribution in [1.29, 1.82) is 0 Å². The van der Waals surface area contributed by atoms with Gasteiger partial charge in [0.1, 0.15) is 0 Å². The van der Waals surface area contributed by atoms with E-state index in [-0.39, 0.29) is 6.54 Å². The molecule has 1 saturated heterocycles. The number of methoxy groups -OCH3 is 1. The SMILES string of the molecule is COc1ccnc(NCC2(C(=O)O)CCOCC2)n1. The highest BCUT2D eigenvalue weighted by Gasteiger charge is 2.40. The van der Waals surface area contributed by atoms with Gasteiger partial charge in [-0.1, -0.05) is 0 Å². The standard InChI is InChI=1S/C12H17N3O4/c1-18-9-2-5-13-11(15-9)14-8-12(10(16)17)3-6-19-7-4-12/h2,5H,3-4,6-8H2,1H3,(H,16,17)(H,13,14,15). The van der Waals surface area contributed by atoms with Gasteiger partial charge in [0.2, 0.25) is 11.8 Å². The van der Waals surface area contributed by atoms with Crippen LogP contribution in [0.1, 0.15) is 12.8 Å². The first kappa shape index (κ1) is 13.5. The lowest BCUT2D eigenvalue weighted by atomic mass is 9.80. The third kappa shape index (κ3) is 3.11. The third-order valence-corrected chi connectivity index (χ3v) is 3.33. The zero-order valence-electron chi connectivity index (χ0n) is 10.8. The second kappa shape index (κ2) is 5.83. The van der Waals surface area contributed by atoms with Crippen LogP contribution >= 0.6 is 0 Å². The van der Waals surface area contributed by atoms with Crippen LogP contribution in [0, 0.1) is 5.41 Å². The Balaban J connectivity index is 2.04. The molecular formula is C12H17N3O4. The number of ether oxygens (including phenoxy) is 2. The monoisotopic (exact) mass is 267 g/mol. The van der Waals surface area contributed by atoms with Crippen molar-refractivity contribution in [2.24, 2.45) is 5.41 Å². The van der Waals surface area contributed by atoms with E-state index in [0.29, 0.717) is 37.9 Å². The van der Waals surface area contributed by atoms with Gasteiger partial charge in [-0.3, -0.25) is 4.79 Å². The topological polar surface area (TPSA) is 93.6 Å². The van der Waals surface area contributed by atoms with E-state index in [4.69, 9.17) is 9.47 Å². The van der Waals surface area contributed by atoms with E-state index in [9.17, 15) is 9.90 Å². The number of carbonyl (C=O) groups is 1. The predicted molar refractivity (Wildman–Crippen MR) is 67.2 cm³/mol. The third-order valence-electron chi connectivity index (χ3n) is 3.33. The van der Waals surface area contributed by atoms with Crippen molar-refractivity contribution >= 4 is 11.9 Å². The first-order valence-electron chi connectivity index (χ1n) is 6.08. The van der Waals surface area contributed by atoms with Crippen molar-refractivity contribution in [3.63, 3.8) is 0 Å². The van der Waals surface area contributed by atoms with Gasteiger partial charge in [-0.05, 0) is 12.8 Å². The summed E-state index contributed by atoms with van der Waals surface area (Å²) in [6.07, 6.45) is 2.53. The fourth-order valence-electron chi connectivity index (χ4n) is 2.02. The molecule has 2 N–H and O–H groups in total. The summed E-state index contributed by atoms with van der Waals surface area (Å²) in [5.41, 5.74) is -0.815. The minimum Gasteiger partial charge on any atom is -0.481 e. The molecule has 0 saturated carbocycles. The molecule has 1 aromatic rings. The smallest absolute Gasteiger partial charge is 0.311 e. The summed E-state index contributed by atoms with van der Waals surface area (Å²) in [5, 5.41) is 12.4. The molecular weight excluding hydrogens is 250 g/mol. The van der Waals surface area contributed by atoms with E-state index in [1.807, 2.05) is 0 Å². The number of nitrogens with one attached hydrogen (secondary N) is 1. The van der Waals surface area contributed by atoms with E-state index in [0.717, 1.165) is 0 Å². The maximum absolute atomic E-state index is 11.5. The van der Waals surface area contributed by atoms with Crippen LogP contribution in [-0.2, 0) is 9.53 Å². The summed E-state index contributed by atoms with van der Waals surface area (Å²) >= 11 is 0. The van der Waals surface area contributed by atoms with Crippen LogP contribution in [0.3, 0.4) is 0 Å². The molecule has 1 aliphatic rings. The van der Waals surface area contributed by atoms with Gasteiger partial charge < -0.3 is 19.9 Å². The Morgan fingerprint density at radius 1 is 1.58 bits per heavy atom. The van der Waals surface area contributed by atoms with Gasteiger partial charge in [0.15, 0.2) is 0 Å². The van der Waals surface area contributed by atoms with Crippen molar-refractivity contribution < 1.29 is 19.4 Å². The molecule has 0 bridgehead atoms. The molecule has 1 aliphatic heterocycles. The molecule has 1 fully saturated rings. The molecule has 1 aromatic heterocycles. The number of aromatic nitrogens is 2. The van der Waals surface area contributed by atoms with E-state index in [1.165, 1.54) is 7.11 Å². The molecule has 0 amide bonds. The Morgan fingerprint density at radius 3 is 2.95 bits per heavy atom. The molecule has 0 atom stereocenters. The Labute approximate surface area is 111 Å². The van der Waals surface area contributed by atoms with Crippen LogP contribution in [0.2, 0.25) is 0 Å². The quantitative estimate of drug-likeness (QED) is 0.814. The second-order valence-electron chi connectivity index (χ2n) is 4.47. The zero-order chi connectivity index (χ0) is 13.7. The van der Waals surface area contributed by atoms with Crippen LogP contribution in [0.5, 0.6) is 5.88 Å². The van der Waals surface area contributed by atoms with Crippen molar-refractivity contribution in [2.45, 2.75) is 12.8 Å². The Bertz CT molecular complexity index is 446. The van der Waals surface area contributed by atoms with Gasteiger partial charge in [0.25, 0.3) is 0 Å². The lowest BCUT2D eigenvalue weighted by molar-refractivity contribution is -0.153. The maximum atomic E-state index is 11.5. The fourth-order valence-corrected chi connectivity index (χ4v) is 2.02. The van der Waals surface area contributed by atoms with E-state index in [2.05, 4.69) is 15.3 Å². The van der Waals surface area contributed by atoms with Crippen LogP contribution in [0.4, 0.5) is 5.95 Å². The van der Waals surface area contributed by atoms with Crippen molar-refractivity contribution in [3.05, 3.63) is 12.3 Å². The zero-order valence-corrected chi connectivity index (χ0v) is 10.8. The van der Waals surface area contributed by atoms with Crippen LogP contribution in [0.15, 0.2) is 12.3 Å². The molecule has 7 heteroatoms. The minimum absolute atomic E-state index is 0.277. The van der Waals surface area contributed by atoms with Gasteiger partial charge in [-0.25, -0.2) is 4.98 Å². The van der Waals surface area contributed by atoms with Crippen LogP contribution in [-0.4, -0.2) is 47.9 Å². The molecule has 0 aromatic carbocycles. The number of aliphatic carboxylic acids is 1. The molecule has 2 heterocycles. The Hall–Kier alpha value is -1.89. The predicted octanol–water partition coefficient (Wildman–Crippen LogP) is 0.778. The van der Waals surface area contributed by atoms with E-state index >= 15 is 0 Å². The van der Waals surface area contributed by atoms with Crippen molar-refractivity contribution in [2.75, 3.05) is 32.2 Å². The molecule has 7 nitrogen and oxygen atoms in total. The molecule has 0 unspecified atom stereocenters. The number of carboxylic acid groups (broad SMARTS) is 1. The van der Waals surface area contributed by atoms with E-state index < -0.39 is 11.4 Å². The van der Waals surface area contributed by atoms with Gasteiger partial charge in [-0.15, -0.1) is 0 Å². The maximum Gasteiger partial charge on any atom is 0.311 e. The van der Waals surface area contributed by atoms with Gasteiger partial charge in [0.05, 0.1) is 12.5 Å². The normalized spacial score (nSPS) is 17.7. The lowest BCUT2D eigenvalue weighted by Gasteiger charge is -2.33. The summed E-state index contributed by atoms with van der Waals surface area (Å²) in [7, 11) is 1.52. The molecule has 104 valence electrons. The van der Waals surface area contributed by atoms with Crippen LogP contribution < -0.4 is 10.1 Å². The molecule has 19 heavy (non-hydrogen) atoms. The highest BCUT2D eigenvalue weighted by Crippen LogP contribution is 2.31. The number of nitrogens with zero attached hydrogens (tertiary/aromatic N) is 2. The number of hydrogen-bond acceptors (Lipinski definition) is 6. The van der Waals surface area contributed by atoms with Gasteiger partial charge in [-0.2, -0.15) is 4.98 Å². The van der Waals surface area contributed by atoms with Crippen LogP contribution in [0.25, 0.3) is 0 Å². The van der Waals surface area contributed by atoms with Gasteiger partial charge in [0, 0.05) is 32.0 Å². The average Bonchev–Trinajstić information content (AvgIpc) is 2.46. The molecule has 0 radical (unpaired) electrons. The average molecular weight is 267 g/mol. The first-order valence-corrected chi connectivity index (χ1v) is 6.08. The molecule has 0 spiro atoms. The van der Waals surface area contributed by atoms with Gasteiger partial charge >= 0.3 is 5.97 Å².